The first-order valence-corrected chi connectivity index (χ1v) is 7.68. The van der Waals surface area contributed by atoms with Gasteiger partial charge in [-0.2, -0.15) is 5.10 Å². The van der Waals surface area contributed by atoms with Gasteiger partial charge in [0.05, 0.1) is 30.3 Å². The van der Waals surface area contributed by atoms with Crippen molar-refractivity contribution < 1.29 is 14.3 Å². The van der Waals surface area contributed by atoms with Crippen molar-refractivity contribution in [3.8, 4) is 5.82 Å². The Labute approximate surface area is 138 Å². The third kappa shape index (κ3) is 3.07. The van der Waals surface area contributed by atoms with Crippen LogP contribution in [0.4, 0.5) is 0 Å². The lowest BCUT2D eigenvalue weighted by molar-refractivity contribution is 0.0906. The van der Waals surface area contributed by atoms with Crippen molar-refractivity contribution in [3.05, 3.63) is 66.0 Å². The Kier molecular flexibility index (Phi) is 4.72. The van der Waals surface area contributed by atoms with Gasteiger partial charge in [0.15, 0.2) is 5.82 Å². The molecule has 0 aliphatic heterocycles. The molecule has 124 valence electrons. The molecule has 3 rings (SSSR count). The summed E-state index contributed by atoms with van der Waals surface area (Å²) >= 11 is 0. The summed E-state index contributed by atoms with van der Waals surface area (Å²) < 4.78 is 6.90. The van der Waals surface area contributed by atoms with Gasteiger partial charge in [0, 0.05) is 6.20 Å². The summed E-state index contributed by atoms with van der Waals surface area (Å²) in [4.78, 5) is 16.9. The van der Waals surface area contributed by atoms with Gasteiger partial charge in [-0.25, -0.2) is 9.67 Å². The number of hydrogen-bond acceptors (Lipinski definition) is 5. The maximum absolute atomic E-state index is 12.6. The molecule has 3 aromatic heterocycles. The molecule has 0 aliphatic rings. The lowest BCUT2D eigenvalue weighted by Gasteiger charge is -2.14. The van der Waals surface area contributed by atoms with E-state index < -0.39 is 6.04 Å². The Morgan fingerprint density at radius 2 is 2.25 bits per heavy atom. The summed E-state index contributed by atoms with van der Waals surface area (Å²) in [6.07, 6.45) is 5.30. The van der Waals surface area contributed by atoms with Gasteiger partial charge in [-0.1, -0.05) is 13.0 Å². The first kappa shape index (κ1) is 15.9. The van der Waals surface area contributed by atoms with Gasteiger partial charge in [0.2, 0.25) is 0 Å². The highest BCUT2D eigenvalue weighted by Crippen LogP contribution is 2.17. The topological polar surface area (TPSA) is 93.2 Å². The minimum atomic E-state index is -0.601. The summed E-state index contributed by atoms with van der Waals surface area (Å²) in [5, 5.41) is 16.5. The summed E-state index contributed by atoms with van der Waals surface area (Å²) in [6.45, 7) is 1.69. The zero-order valence-corrected chi connectivity index (χ0v) is 13.2. The minimum absolute atomic E-state index is 0.255. The van der Waals surface area contributed by atoms with Crippen LogP contribution in [0.3, 0.4) is 0 Å². The Hall–Kier alpha value is -2.93. The van der Waals surface area contributed by atoms with Crippen molar-refractivity contribution in [1.82, 2.24) is 20.1 Å². The van der Waals surface area contributed by atoms with E-state index in [1.54, 1.807) is 23.0 Å². The van der Waals surface area contributed by atoms with Crippen LogP contribution in [-0.4, -0.2) is 32.4 Å². The van der Waals surface area contributed by atoms with Crippen LogP contribution in [0, 0.1) is 0 Å². The zero-order chi connectivity index (χ0) is 16.9. The maximum Gasteiger partial charge on any atom is 0.255 e. The lowest BCUT2D eigenvalue weighted by Crippen LogP contribution is -2.31. The minimum Gasteiger partial charge on any atom is -0.467 e. The molecule has 7 heteroatoms. The molecule has 0 spiro atoms. The van der Waals surface area contributed by atoms with E-state index in [0.29, 0.717) is 23.6 Å². The molecule has 24 heavy (non-hydrogen) atoms. The van der Waals surface area contributed by atoms with Gasteiger partial charge in [-0.3, -0.25) is 4.79 Å². The van der Waals surface area contributed by atoms with Crippen LogP contribution in [-0.2, 0) is 6.42 Å². The quantitative estimate of drug-likeness (QED) is 0.721. The van der Waals surface area contributed by atoms with Gasteiger partial charge in [0.1, 0.15) is 11.8 Å². The fourth-order valence-corrected chi connectivity index (χ4v) is 2.51. The van der Waals surface area contributed by atoms with Crippen LogP contribution >= 0.6 is 0 Å². The number of amides is 1. The van der Waals surface area contributed by atoms with E-state index in [2.05, 4.69) is 15.4 Å². The highest BCUT2D eigenvalue weighted by molar-refractivity contribution is 5.95. The van der Waals surface area contributed by atoms with Crippen molar-refractivity contribution in [2.75, 3.05) is 6.61 Å². The van der Waals surface area contributed by atoms with Crippen molar-refractivity contribution >= 4 is 5.91 Å². The highest BCUT2D eigenvalue weighted by atomic mass is 16.3. The van der Waals surface area contributed by atoms with E-state index in [1.807, 2.05) is 25.1 Å². The van der Waals surface area contributed by atoms with E-state index in [4.69, 9.17) is 4.42 Å². The number of furan rings is 1. The molecule has 1 unspecified atom stereocenters. The molecular weight excluding hydrogens is 308 g/mol. The summed E-state index contributed by atoms with van der Waals surface area (Å²) in [7, 11) is 0. The van der Waals surface area contributed by atoms with Gasteiger partial charge >= 0.3 is 0 Å². The fourth-order valence-electron chi connectivity index (χ4n) is 2.51. The lowest BCUT2D eigenvalue weighted by atomic mass is 10.1. The molecule has 1 amide bonds. The molecule has 0 aliphatic carbocycles. The standard InChI is InChI=1S/C17H18N4O3/c1-2-14-12(10-19-21(14)16-7-3-4-8-18-16)17(23)20-13(11-22)15-6-5-9-24-15/h3-10,13,22H,2,11H2,1H3,(H,20,23). The SMILES string of the molecule is CCc1c(C(=O)NC(CO)c2ccco2)cnn1-c1ccccn1. The number of nitrogens with zero attached hydrogens (tertiary/aromatic N) is 3. The van der Waals surface area contributed by atoms with Gasteiger partial charge < -0.3 is 14.8 Å². The zero-order valence-electron chi connectivity index (χ0n) is 13.2. The molecule has 1 atom stereocenters. The number of pyridine rings is 1. The number of rotatable bonds is 6. The van der Waals surface area contributed by atoms with E-state index >= 15 is 0 Å². The average Bonchev–Trinajstić information content (AvgIpc) is 3.29. The number of aliphatic hydroxyl groups excluding tert-OH is 1. The van der Waals surface area contributed by atoms with Crippen molar-refractivity contribution in [3.63, 3.8) is 0 Å². The second-order valence-electron chi connectivity index (χ2n) is 5.18. The van der Waals surface area contributed by atoms with Gasteiger partial charge in [0.25, 0.3) is 5.91 Å². The van der Waals surface area contributed by atoms with Crippen LogP contribution in [0.5, 0.6) is 0 Å². The molecule has 0 bridgehead atoms. The molecule has 0 fully saturated rings. The Morgan fingerprint density at radius 3 is 2.88 bits per heavy atom. The smallest absolute Gasteiger partial charge is 0.255 e. The van der Waals surface area contributed by atoms with Crippen LogP contribution < -0.4 is 5.32 Å². The van der Waals surface area contributed by atoms with E-state index in [1.165, 1.54) is 12.5 Å². The molecule has 2 N–H and O–H groups in total. The van der Waals surface area contributed by atoms with Crippen LogP contribution in [0.15, 0.2) is 53.4 Å². The average molecular weight is 326 g/mol. The van der Waals surface area contributed by atoms with E-state index in [9.17, 15) is 9.90 Å². The van der Waals surface area contributed by atoms with E-state index in [-0.39, 0.29) is 12.5 Å². The molecule has 3 aromatic rings. The number of nitrogens with one attached hydrogen (secondary N) is 1. The van der Waals surface area contributed by atoms with Crippen LogP contribution in [0.2, 0.25) is 0 Å². The largest absolute Gasteiger partial charge is 0.467 e. The highest BCUT2D eigenvalue weighted by Gasteiger charge is 2.22. The molecule has 0 radical (unpaired) electrons. The van der Waals surface area contributed by atoms with Crippen molar-refractivity contribution in [1.29, 1.82) is 0 Å². The maximum atomic E-state index is 12.6. The number of carbonyl (C=O) groups is 1. The predicted molar refractivity (Wildman–Crippen MR) is 86.7 cm³/mol. The Bertz CT molecular complexity index is 797. The summed E-state index contributed by atoms with van der Waals surface area (Å²) in [5.41, 5.74) is 1.20. The molecule has 7 nitrogen and oxygen atoms in total. The monoisotopic (exact) mass is 326 g/mol. The van der Waals surface area contributed by atoms with Crippen molar-refractivity contribution in [2.24, 2.45) is 0 Å². The van der Waals surface area contributed by atoms with E-state index in [0.717, 1.165) is 5.69 Å². The molecule has 0 saturated carbocycles. The second-order valence-corrected chi connectivity index (χ2v) is 5.18. The third-order valence-electron chi connectivity index (χ3n) is 3.69. The number of carbonyl (C=O) groups excluding carboxylic acids is 1. The molecule has 0 saturated heterocycles. The predicted octanol–water partition coefficient (Wildman–Crippen LogP) is 1.89. The molecule has 3 heterocycles. The third-order valence-corrected chi connectivity index (χ3v) is 3.69. The van der Waals surface area contributed by atoms with Crippen LogP contribution in [0.1, 0.15) is 34.8 Å². The molecule has 0 aromatic carbocycles. The van der Waals surface area contributed by atoms with Crippen LogP contribution in [0.25, 0.3) is 5.82 Å². The normalized spacial score (nSPS) is 12.1. The Morgan fingerprint density at radius 1 is 1.38 bits per heavy atom. The fraction of sp³-hybridized carbons (Fsp3) is 0.235. The number of aliphatic hydroxyl groups is 1. The molecular formula is C17H18N4O3. The summed E-state index contributed by atoms with van der Waals surface area (Å²) in [6, 6.07) is 8.33. The summed E-state index contributed by atoms with van der Waals surface area (Å²) in [5.74, 6) is 0.837. The van der Waals surface area contributed by atoms with Gasteiger partial charge in [-0.15, -0.1) is 0 Å². The first-order valence-electron chi connectivity index (χ1n) is 7.68. The number of hydrogen-bond donors (Lipinski definition) is 2. The first-order chi connectivity index (χ1) is 11.7. The van der Waals surface area contributed by atoms with Crippen molar-refractivity contribution in [2.45, 2.75) is 19.4 Å². The number of aromatic nitrogens is 3. The van der Waals surface area contributed by atoms with Gasteiger partial charge in [-0.05, 0) is 30.7 Å². The second kappa shape index (κ2) is 7.10. The Balaban J connectivity index is 1.87.